The van der Waals surface area contributed by atoms with Crippen LogP contribution in [-0.4, -0.2) is 11.1 Å². The molecule has 14 heavy (non-hydrogen) atoms. The minimum absolute atomic E-state index is 0.0835. The zero-order valence-corrected chi connectivity index (χ0v) is 8.45. The van der Waals surface area contributed by atoms with Crippen LogP contribution in [0.5, 0.6) is 0 Å². The number of hydrogen-bond donors (Lipinski definition) is 1. The lowest BCUT2D eigenvalue weighted by molar-refractivity contribution is -0.135. The molecule has 0 aromatic heterocycles. The molecule has 0 amide bonds. The van der Waals surface area contributed by atoms with Crippen molar-refractivity contribution in [1.82, 2.24) is 0 Å². The molecule has 1 aromatic rings. The van der Waals surface area contributed by atoms with Crippen LogP contribution in [0, 0.1) is 6.92 Å². The summed E-state index contributed by atoms with van der Waals surface area (Å²) in [4.78, 5) is 10.4. The van der Waals surface area contributed by atoms with Crippen molar-refractivity contribution >= 4 is 11.5 Å². The first-order valence-corrected chi connectivity index (χ1v) is 4.56. The summed E-state index contributed by atoms with van der Waals surface area (Å²) in [7, 11) is 0. The van der Waals surface area contributed by atoms with E-state index in [4.69, 9.17) is 5.11 Å². The SMILES string of the molecule is C/C(=C/CC(=O)O)c1ccccc1C. The van der Waals surface area contributed by atoms with Gasteiger partial charge in [-0.25, -0.2) is 0 Å². The standard InChI is InChI=1S/C12H14O2/c1-9-5-3-4-6-11(9)10(2)7-8-12(13)14/h3-7H,8H2,1-2H3,(H,13,14)/b10-7-. The highest BCUT2D eigenvalue weighted by Gasteiger charge is 1.99. The third-order valence-corrected chi connectivity index (χ3v) is 2.15. The number of hydrogen-bond acceptors (Lipinski definition) is 1. The monoisotopic (exact) mass is 190 g/mol. The fourth-order valence-electron chi connectivity index (χ4n) is 1.37. The van der Waals surface area contributed by atoms with Crippen molar-refractivity contribution in [2.45, 2.75) is 20.3 Å². The molecule has 2 heteroatoms. The van der Waals surface area contributed by atoms with Crippen LogP contribution >= 0.6 is 0 Å². The number of aryl methyl sites for hydroxylation is 1. The van der Waals surface area contributed by atoms with Crippen LogP contribution in [0.25, 0.3) is 5.57 Å². The minimum Gasteiger partial charge on any atom is -0.481 e. The molecule has 1 N–H and O–H groups in total. The summed E-state index contributed by atoms with van der Waals surface area (Å²) < 4.78 is 0. The van der Waals surface area contributed by atoms with Gasteiger partial charge >= 0.3 is 5.97 Å². The van der Waals surface area contributed by atoms with Crippen molar-refractivity contribution in [2.24, 2.45) is 0 Å². The number of carbonyl (C=O) groups is 1. The van der Waals surface area contributed by atoms with Crippen LogP contribution in [0.1, 0.15) is 24.5 Å². The van der Waals surface area contributed by atoms with E-state index in [1.807, 2.05) is 38.1 Å². The third kappa shape index (κ3) is 2.73. The van der Waals surface area contributed by atoms with Gasteiger partial charge in [-0.2, -0.15) is 0 Å². The fraction of sp³-hybridized carbons (Fsp3) is 0.250. The highest BCUT2D eigenvalue weighted by Crippen LogP contribution is 2.18. The maximum absolute atomic E-state index is 10.4. The Balaban J connectivity index is 2.89. The molecule has 1 aromatic carbocycles. The molecule has 0 radical (unpaired) electrons. The number of carboxylic acid groups (broad SMARTS) is 1. The second kappa shape index (κ2) is 4.61. The summed E-state index contributed by atoms with van der Waals surface area (Å²) in [6.45, 7) is 3.96. The van der Waals surface area contributed by atoms with Crippen LogP contribution in [0.4, 0.5) is 0 Å². The molecule has 74 valence electrons. The zero-order valence-electron chi connectivity index (χ0n) is 8.45. The van der Waals surface area contributed by atoms with E-state index in [1.165, 1.54) is 5.56 Å². The van der Waals surface area contributed by atoms with Gasteiger partial charge in [0.1, 0.15) is 0 Å². The van der Waals surface area contributed by atoms with E-state index < -0.39 is 5.97 Å². The summed E-state index contributed by atoms with van der Waals surface area (Å²) in [5.74, 6) is -0.794. The summed E-state index contributed by atoms with van der Waals surface area (Å²) in [5, 5.41) is 8.53. The average molecular weight is 190 g/mol. The van der Waals surface area contributed by atoms with Crippen molar-refractivity contribution < 1.29 is 9.90 Å². The first-order chi connectivity index (χ1) is 6.61. The molecule has 0 saturated carbocycles. The van der Waals surface area contributed by atoms with Crippen molar-refractivity contribution in [3.8, 4) is 0 Å². The van der Waals surface area contributed by atoms with E-state index in [9.17, 15) is 4.79 Å². The Bertz CT molecular complexity index is 364. The van der Waals surface area contributed by atoms with E-state index in [-0.39, 0.29) is 6.42 Å². The number of aliphatic carboxylic acids is 1. The van der Waals surface area contributed by atoms with E-state index >= 15 is 0 Å². The van der Waals surface area contributed by atoms with E-state index in [1.54, 1.807) is 6.08 Å². The molecular weight excluding hydrogens is 176 g/mol. The smallest absolute Gasteiger partial charge is 0.307 e. The van der Waals surface area contributed by atoms with Crippen LogP contribution < -0.4 is 0 Å². The van der Waals surface area contributed by atoms with Crippen molar-refractivity contribution in [1.29, 1.82) is 0 Å². The molecule has 0 aliphatic rings. The molecule has 0 bridgehead atoms. The van der Waals surface area contributed by atoms with Gasteiger partial charge in [0.25, 0.3) is 0 Å². The van der Waals surface area contributed by atoms with Crippen LogP contribution in [0.3, 0.4) is 0 Å². The molecule has 0 aliphatic carbocycles. The minimum atomic E-state index is -0.794. The molecule has 0 saturated heterocycles. The number of carboxylic acids is 1. The summed E-state index contributed by atoms with van der Waals surface area (Å²) in [6.07, 6.45) is 1.82. The largest absolute Gasteiger partial charge is 0.481 e. The van der Waals surface area contributed by atoms with E-state index in [0.717, 1.165) is 11.1 Å². The predicted octanol–water partition coefficient (Wildman–Crippen LogP) is 2.87. The average Bonchev–Trinajstić information content (AvgIpc) is 2.15. The molecular formula is C12H14O2. The molecule has 0 fully saturated rings. The lowest BCUT2D eigenvalue weighted by atomic mass is 10.0. The highest BCUT2D eigenvalue weighted by molar-refractivity contribution is 5.74. The Morgan fingerprint density at radius 1 is 1.43 bits per heavy atom. The van der Waals surface area contributed by atoms with Crippen LogP contribution in [0.15, 0.2) is 30.3 Å². The molecule has 0 spiro atoms. The molecule has 0 aliphatic heterocycles. The quantitative estimate of drug-likeness (QED) is 0.795. The maximum Gasteiger partial charge on any atom is 0.307 e. The Morgan fingerprint density at radius 2 is 2.07 bits per heavy atom. The highest BCUT2D eigenvalue weighted by atomic mass is 16.4. The van der Waals surface area contributed by atoms with Gasteiger partial charge in [-0.15, -0.1) is 0 Å². The van der Waals surface area contributed by atoms with Gasteiger partial charge in [0, 0.05) is 0 Å². The third-order valence-electron chi connectivity index (χ3n) is 2.15. The summed E-state index contributed by atoms with van der Waals surface area (Å²) >= 11 is 0. The lowest BCUT2D eigenvalue weighted by Gasteiger charge is -2.04. The maximum atomic E-state index is 10.4. The lowest BCUT2D eigenvalue weighted by Crippen LogP contribution is -1.92. The fourth-order valence-corrected chi connectivity index (χ4v) is 1.37. The van der Waals surface area contributed by atoms with Gasteiger partial charge in [0.05, 0.1) is 6.42 Å². The van der Waals surface area contributed by atoms with Crippen molar-refractivity contribution in [2.75, 3.05) is 0 Å². The zero-order chi connectivity index (χ0) is 10.6. The van der Waals surface area contributed by atoms with Gasteiger partial charge in [-0.05, 0) is 30.5 Å². The van der Waals surface area contributed by atoms with Gasteiger partial charge in [-0.1, -0.05) is 30.3 Å². The first-order valence-electron chi connectivity index (χ1n) is 4.56. The molecule has 1 rings (SSSR count). The second-order valence-electron chi connectivity index (χ2n) is 3.30. The van der Waals surface area contributed by atoms with Gasteiger partial charge in [0.15, 0.2) is 0 Å². The topological polar surface area (TPSA) is 37.3 Å². The second-order valence-corrected chi connectivity index (χ2v) is 3.30. The van der Waals surface area contributed by atoms with Gasteiger partial charge in [0.2, 0.25) is 0 Å². The summed E-state index contributed by atoms with van der Waals surface area (Å²) in [6, 6.07) is 7.96. The number of benzene rings is 1. The first kappa shape index (κ1) is 10.5. The normalized spacial score (nSPS) is 11.4. The number of allylic oxidation sites excluding steroid dienone is 1. The van der Waals surface area contributed by atoms with Crippen LogP contribution in [0.2, 0.25) is 0 Å². The van der Waals surface area contributed by atoms with Crippen molar-refractivity contribution in [3.05, 3.63) is 41.5 Å². The van der Waals surface area contributed by atoms with Gasteiger partial charge < -0.3 is 5.11 Å². The van der Waals surface area contributed by atoms with E-state index in [2.05, 4.69) is 0 Å². The van der Waals surface area contributed by atoms with Crippen LogP contribution in [-0.2, 0) is 4.79 Å². The Morgan fingerprint density at radius 3 is 2.64 bits per heavy atom. The Kier molecular flexibility index (Phi) is 3.46. The summed E-state index contributed by atoms with van der Waals surface area (Å²) in [5.41, 5.74) is 3.31. The van der Waals surface area contributed by atoms with Gasteiger partial charge in [-0.3, -0.25) is 4.79 Å². The Hall–Kier alpha value is -1.57. The molecule has 0 heterocycles. The van der Waals surface area contributed by atoms with Crippen molar-refractivity contribution in [3.63, 3.8) is 0 Å². The molecule has 0 unspecified atom stereocenters. The molecule has 0 atom stereocenters. The Labute approximate surface area is 83.9 Å². The number of rotatable bonds is 3. The predicted molar refractivity (Wildman–Crippen MR) is 57.1 cm³/mol. The molecule has 2 nitrogen and oxygen atoms in total. The van der Waals surface area contributed by atoms with E-state index in [0.29, 0.717) is 0 Å².